The van der Waals surface area contributed by atoms with Crippen LogP contribution in [0.1, 0.15) is 22.6 Å². The van der Waals surface area contributed by atoms with Crippen LogP contribution in [0.15, 0.2) is 285 Å². The highest BCUT2D eigenvalue weighted by Gasteiger charge is 2.42. The van der Waals surface area contributed by atoms with Crippen molar-refractivity contribution in [2.45, 2.75) is 5.92 Å². The number of benzene rings is 11. The van der Waals surface area contributed by atoms with E-state index in [1.54, 1.807) is 0 Å². The molecule has 0 amide bonds. The second kappa shape index (κ2) is 18.5. The van der Waals surface area contributed by atoms with Crippen LogP contribution >= 0.6 is 0 Å². The summed E-state index contributed by atoms with van der Waals surface area (Å²) in [4.78, 5) is 16.8. The highest BCUT2D eigenvalue weighted by atomic mass is 28.3. The maximum absolute atomic E-state index is 5.62. The van der Waals surface area contributed by atoms with Crippen LogP contribution in [-0.2, 0) is 0 Å². The van der Waals surface area contributed by atoms with Crippen molar-refractivity contribution in [1.82, 2.24) is 19.5 Å². The Balaban J connectivity index is 1.03. The maximum atomic E-state index is 5.62. The lowest BCUT2D eigenvalue weighted by Crippen LogP contribution is -2.74. The number of hydrogen-bond acceptors (Lipinski definition) is 3. The standard InChI is InChI=1S/C70H48N4Si/c1-5-23-48(24-6-1)50-27-21-33-55(45-50)75(53-29-9-3-10-30-53,54-31-11-4-12-32-54)56-34-22-28-52(46-56)68-71-69(63-41-18-17-40-62(63)67-60-38-15-13-35-57(60)58-36-14-16-39-61(58)67)73-70(72-68)74-65-42-20-19-37-59(65)64-47-51(43-44-66(64)74)49-25-7-2-8-26-49/h1-47,67H. The van der Waals surface area contributed by atoms with E-state index < -0.39 is 8.07 Å². The third-order valence-electron chi connectivity index (χ3n) is 15.3. The lowest BCUT2D eigenvalue weighted by atomic mass is 9.86. The largest absolute Gasteiger partial charge is 0.278 e. The van der Waals surface area contributed by atoms with Gasteiger partial charge in [-0.3, -0.25) is 4.57 Å². The highest BCUT2D eigenvalue weighted by molar-refractivity contribution is 7.20. The molecule has 2 aromatic heterocycles. The summed E-state index contributed by atoms with van der Waals surface area (Å²) in [7, 11) is -3.05. The molecule has 5 heteroatoms. The normalized spacial score (nSPS) is 12.2. The summed E-state index contributed by atoms with van der Waals surface area (Å²) in [5.41, 5.74) is 14.9. The zero-order valence-corrected chi connectivity index (χ0v) is 42.0. The first-order chi connectivity index (χ1) is 37.2. The quantitative estimate of drug-likeness (QED) is 0.101. The van der Waals surface area contributed by atoms with Crippen LogP contribution < -0.4 is 20.7 Å². The Bertz CT molecular complexity index is 4160. The van der Waals surface area contributed by atoms with Gasteiger partial charge in [0.25, 0.3) is 0 Å². The molecule has 11 aromatic carbocycles. The Kier molecular flexibility index (Phi) is 10.9. The summed E-state index contributed by atoms with van der Waals surface area (Å²) in [6.45, 7) is 0. The SMILES string of the molecule is c1ccc(-c2cccc([Si](c3ccccc3)(c3ccccc3)c3cccc(-c4nc(-c5ccccc5C5c6ccccc6-c6ccccc65)nc(-n5c6ccccc6c6cc(-c7ccccc7)ccc65)n4)c3)c2)cc1. The van der Waals surface area contributed by atoms with Gasteiger partial charge in [0.2, 0.25) is 5.95 Å². The van der Waals surface area contributed by atoms with Gasteiger partial charge in [0, 0.05) is 27.8 Å². The molecule has 1 aliphatic rings. The zero-order chi connectivity index (χ0) is 49.7. The molecule has 0 saturated heterocycles. The van der Waals surface area contributed by atoms with E-state index in [9.17, 15) is 0 Å². The van der Waals surface area contributed by atoms with Crippen molar-refractivity contribution < 1.29 is 0 Å². The molecular formula is C70H48N4Si. The molecule has 13 aromatic rings. The topological polar surface area (TPSA) is 43.6 Å². The van der Waals surface area contributed by atoms with Crippen LogP contribution in [0, 0.1) is 0 Å². The molecule has 0 atom stereocenters. The number of para-hydroxylation sites is 1. The molecule has 0 aliphatic heterocycles. The van der Waals surface area contributed by atoms with Crippen molar-refractivity contribution in [3.8, 4) is 62.1 Å². The summed E-state index contributed by atoms with van der Waals surface area (Å²) in [5, 5.41) is 7.38. The smallest absolute Gasteiger partial charge is 0.238 e. The molecule has 0 bridgehead atoms. The minimum Gasteiger partial charge on any atom is -0.278 e. The highest BCUT2D eigenvalue weighted by Crippen LogP contribution is 2.49. The molecule has 0 spiro atoms. The minimum atomic E-state index is -3.05. The fraction of sp³-hybridized carbons (Fsp3) is 0.0143. The Labute approximate surface area is 437 Å². The van der Waals surface area contributed by atoms with Crippen molar-refractivity contribution in [3.63, 3.8) is 0 Å². The van der Waals surface area contributed by atoms with Crippen molar-refractivity contribution in [1.29, 1.82) is 0 Å². The van der Waals surface area contributed by atoms with Crippen molar-refractivity contribution in [2.24, 2.45) is 0 Å². The van der Waals surface area contributed by atoms with Gasteiger partial charge in [-0.1, -0.05) is 267 Å². The molecule has 352 valence electrons. The van der Waals surface area contributed by atoms with Crippen LogP contribution in [0.3, 0.4) is 0 Å². The van der Waals surface area contributed by atoms with Gasteiger partial charge < -0.3 is 0 Å². The van der Waals surface area contributed by atoms with E-state index in [1.165, 1.54) is 59.7 Å². The van der Waals surface area contributed by atoms with Gasteiger partial charge in [-0.25, -0.2) is 4.98 Å². The lowest BCUT2D eigenvalue weighted by Gasteiger charge is -2.35. The van der Waals surface area contributed by atoms with Crippen LogP contribution in [0.4, 0.5) is 0 Å². The fourth-order valence-electron chi connectivity index (χ4n) is 12.0. The van der Waals surface area contributed by atoms with Crippen LogP contribution in [0.5, 0.6) is 0 Å². The molecule has 0 N–H and O–H groups in total. The Morgan fingerprint density at radius 2 is 0.707 bits per heavy atom. The first-order valence-electron chi connectivity index (χ1n) is 25.7. The molecule has 0 saturated carbocycles. The Morgan fingerprint density at radius 1 is 0.280 bits per heavy atom. The fourth-order valence-corrected chi connectivity index (χ4v) is 16.8. The number of hydrogen-bond donors (Lipinski definition) is 0. The van der Waals surface area contributed by atoms with E-state index in [0.29, 0.717) is 17.6 Å². The van der Waals surface area contributed by atoms with E-state index in [4.69, 9.17) is 15.0 Å². The van der Waals surface area contributed by atoms with Gasteiger partial charge in [0.15, 0.2) is 19.7 Å². The molecule has 0 unspecified atom stereocenters. The monoisotopic (exact) mass is 972 g/mol. The van der Waals surface area contributed by atoms with Gasteiger partial charge in [0.05, 0.1) is 11.0 Å². The summed E-state index contributed by atoms with van der Waals surface area (Å²) >= 11 is 0. The summed E-state index contributed by atoms with van der Waals surface area (Å²) in [6, 6.07) is 104. The number of nitrogens with zero attached hydrogens (tertiary/aromatic N) is 4. The molecule has 0 fully saturated rings. The predicted molar refractivity (Wildman–Crippen MR) is 312 cm³/mol. The van der Waals surface area contributed by atoms with Crippen LogP contribution in [0.25, 0.3) is 83.9 Å². The molecule has 0 radical (unpaired) electrons. The molecule has 75 heavy (non-hydrogen) atoms. The first kappa shape index (κ1) is 44.2. The minimum absolute atomic E-state index is 0.0137. The number of rotatable bonds is 10. The third-order valence-corrected chi connectivity index (χ3v) is 20.1. The van der Waals surface area contributed by atoms with Crippen LogP contribution in [-0.4, -0.2) is 27.6 Å². The van der Waals surface area contributed by atoms with Gasteiger partial charge in [-0.15, -0.1) is 0 Å². The predicted octanol–water partition coefficient (Wildman–Crippen LogP) is 14.2. The van der Waals surface area contributed by atoms with E-state index in [2.05, 4.69) is 290 Å². The van der Waals surface area contributed by atoms with Crippen molar-refractivity contribution >= 4 is 50.6 Å². The van der Waals surface area contributed by atoms with Crippen molar-refractivity contribution in [3.05, 3.63) is 302 Å². The Morgan fingerprint density at radius 3 is 1.32 bits per heavy atom. The molecule has 4 nitrogen and oxygen atoms in total. The second-order valence-corrected chi connectivity index (χ2v) is 23.2. The molecule has 14 rings (SSSR count). The van der Waals surface area contributed by atoms with E-state index in [-0.39, 0.29) is 5.92 Å². The van der Waals surface area contributed by atoms with Crippen LogP contribution in [0.2, 0.25) is 0 Å². The van der Waals surface area contributed by atoms with E-state index >= 15 is 0 Å². The van der Waals surface area contributed by atoms with Gasteiger partial charge in [-0.05, 0) is 89.0 Å². The summed E-state index contributed by atoms with van der Waals surface area (Å²) in [6.07, 6.45) is 0. The molecular weight excluding hydrogens is 925 g/mol. The molecule has 2 heterocycles. The van der Waals surface area contributed by atoms with Gasteiger partial charge in [0.1, 0.15) is 0 Å². The van der Waals surface area contributed by atoms with Gasteiger partial charge >= 0.3 is 0 Å². The molecule has 1 aliphatic carbocycles. The van der Waals surface area contributed by atoms with Crippen molar-refractivity contribution in [2.75, 3.05) is 0 Å². The van der Waals surface area contributed by atoms with Gasteiger partial charge in [-0.2, -0.15) is 9.97 Å². The zero-order valence-electron chi connectivity index (χ0n) is 41.0. The summed E-state index contributed by atoms with van der Waals surface area (Å²) in [5.74, 6) is 1.77. The van der Waals surface area contributed by atoms with E-state index in [0.717, 1.165) is 44.1 Å². The Hall–Kier alpha value is -9.55. The average Bonchev–Trinajstić information content (AvgIpc) is 4.02. The average molecular weight is 973 g/mol. The first-order valence-corrected chi connectivity index (χ1v) is 27.7. The third kappa shape index (κ3) is 7.47. The number of aromatic nitrogens is 4. The second-order valence-electron chi connectivity index (χ2n) is 19.4. The maximum Gasteiger partial charge on any atom is 0.238 e. The van der Waals surface area contributed by atoms with E-state index in [1.807, 2.05) is 0 Å². The lowest BCUT2D eigenvalue weighted by molar-refractivity contribution is 0.945. The summed E-state index contributed by atoms with van der Waals surface area (Å²) < 4.78 is 2.24. The number of fused-ring (bicyclic) bond motifs is 6.